The van der Waals surface area contributed by atoms with Crippen LogP contribution in [0.3, 0.4) is 0 Å². The maximum absolute atomic E-state index is 10.9. The molecule has 1 aromatic carbocycles. The minimum absolute atomic E-state index is 0.254. The molecule has 0 saturated heterocycles. The molecule has 14 heavy (non-hydrogen) atoms. The van der Waals surface area contributed by atoms with Gasteiger partial charge < -0.3 is 10.1 Å². The summed E-state index contributed by atoms with van der Waals surface area (Å²) in [5.74, 6) is 0.468. The molecule has 1 amide bonds. The van der Waals surface area contributed by atoms with E-state index in [0.29, 0.717) is 5.92 Å². The maximum Gasteiger partial charge on any atom is 0.407 e. The van der Waals surface area contributed by atoms with E-state index >= 15 is 0 Å². The highest BCUT2D eigenvalue weighted by molar-refractivity contribution is 5.68. The Labute approximate surface area is 83.1 Å². The van der Waals surface area contributed by atoms with E-state index in [1.165, 1.54) is 12.7 Å². The minimum Gasteiger partial charge on any atom is -0.453 e. The van der Waals surface area contributed by atoms with Crippen molar-refractivity contribution in [3.8, 4) is 0 Å². The summed E-state index contributed by atoms with van der Waals surface area (Å²) >= 11 is 0. The van der Waals surface area contributed by atoms with E-state index in [0.717, 1.165) is 6.42 Å². The second kappa shape index (κ2) is 3.70. The van der Waals surface area contributed by atoms with Gasteiger partial charge in [0.15, 0.2) is 0 Å². The highest BCUT2D eigenvalue weighted by Gasteiger charge is 2.39. The van der Waals surface area contributed by atoms with Gasteiger partial charge in [0.1, 0.15) is 0 Å². The van der Waals surface area contributed by atoms with Crippen molar-refractivity contribution in [1.82, 2.24) is 5.32 Å². The largest absolute Gasteiger partial charge is 0.453 e. The molecule has 2 unspecified atom stereocenters. The molecule has 2 rings (SSSR count). The molecule has 1 fully saturated rings. The Balaban J connectivity index is 1.91. The van der Waals surface area contributed by atoms with E-state index in [2.05, 4.69) is 22.2 Å². The molecule has 0 bridgehead atoms. The zero-order valence-corrected chi connectivity index (χ0v) is 8.07. The number of ether oxygens (including phenoxy) is 1. The second-order valence-electron chi connectivity index (χ2n) is 3.50. The van der Waals surface area contributed by atoms with Crippen LogP contribution in [0.2, 0.25) is 0 Å². The summed E-state index contributed by atoms with van der Waals surface area (Å²) in [5.41, 5.74) is 1.29. The standard InChI is InChI=1S/C11H13NO2/c1-14-11(13)12-10-7-9(10)8-5-3-2-4-6-8/h2-6,9-10H,7H2,1H3,(H,12,13). The molecular weight excluding hydrogens is 178 g/mol. The molecule has 1 saturated carbocycles. The third-order valence-corrected chi connectivity index (χ3v) is 2.51. The average molecular weight is 191 g/mol. The maximum atomic E-state index is 10.9. The molecule has 0 radical (unpaired) electrons. The average Bonchev–Trinajstić information content (AvgIpc) is 2.98. The van der Waals surface area contributed by atoms with Gasteiger partial charge >= 0.3 is 6.09 Å². The Kier molecular flexibility index (Phi) is 2.39. The van der Waals surface area contributed by atoms with Crippen molar-refractivity contribution in [1.29, 1.82) is 0 Å². The van der Waals surface area contributed by atoms with Gasteiger partial charge in [-0.2, -0.15) is 0 Å². The molecule has 3 heteroatoms. The number of hydrogen-bond acceptors (Lipinski definition) is 2. The summed E-state index contributed by atoms with van der Waals surface area (Å²) in [6, 6.07) is 10.5. The van der Waals surface area contributed by atoms with Gasteiger partial charge in [-0.25, -0.2) is 4.79 Å². The highest BCUT2D eigenvalue weighted by Crippen LogP contribution is 2.40. The van der Waals surface area contributed by atoms with Crippen LogP contribution in [0.4, 0.5) is 4.79 Å². The summed E-state index contributed by atoms with van der Waals surface area (Å²) in [6.07, 6.45) is 0.674. The number of methoxy groups -OCH3 is 1. The van der Waals surface area contributed by atoms with Gasteiger partial charge in [0, 0.05) is 12.0 Å². The molecule has 1 aliphatic rings. The Morgan fingerprint density at radius 2 is 2.14 bits per heavy atom. The van der Waals surface area contributed by atoms with Crippen LogP contribution in [0.1, 0.15) is 17.9 Å². The van der Waals surface area contributed by atoms with Crippen LogP contribution in [-0.2, 0) is 4.74 Å². The van der Waals surface area contributed by atoms with Crippen molar-refractivity contribution < 1.29 is 9.53 Å². The fourth-order valence-electron chi connectivity index (χ4n) is 1.63. The number of alkyl carbamates (subject to hydrolysis) is 1. The molecule has 74 valence electrons. The van der Waals surface area contributed by atoms with Gasteiger partial charge in [0.05, 0.1) is 7.11 Å². The van der Waals surface area contributed by atoms with Crippen molar-refractivity contribution >= 4 is 6.09 Å². The van der Waals surface area contributed by atoms with Crippen LogP contribution >= 0.6 is 0 Å². The number of carbonyl (C=O) groups is 1. The summed E-state index contributed by atoms with van der Waals surface area (Å²) < 4.78 is 4.54. The monoisotopic (exact) mass is 191 g/mol. The zero-order valence-electron chi connectivity index (χ0n) is 8.07. The SMILES string of the molecule is COC(=O)NC1CC1c1ccccc1. The molecule has 3 nitrogen and oxygen atoms in total. The number of carbonyl (C=O) groups excluding carboxylic acids is 1. The first-order valence-electron chi connectivity index (χ1n) is 4.70. The van der Waals surface area contributed by atoms with Gasteiger partial charge in [-0.15, -0.1) is 0 Å². The number of benzene rings is 1. The molecule has 0 aromatic heterocycles. The smallest absolute Gasteiger partial charge is 0.407 e. The van der Waals surface area contributed by atoms with E-state index in [9.17, 15) is 4.79 Å². The lowest BCUT2D eigenvalue weighted by Gasteiger charge is -2.02. The van der Waals surface area contributed by atoms with Crippen molar-refractivity contribution in [2.24, 2.45) is 0 Å². The highest BCUT2D eigenvalue weighted by atomic mass is 16.5. The predicted molar refractivity (Wildman–Crippen MR) is 53.1 cm³/mol. The minimum atomic E-state index is -0.339. The van der Waals surface area contributed by atoms with Crippen LogP contribution in [-0.4, -0.2) is 19.2 Å². The van der Waals surface area contributed by atoms with E-state index in [1.54, 1.807) is 0 Å². The molecule has 0 heterocycles. The Hall–Kier alpha value is -1.51. The predicted octanol–water partition coefficient (Wildman–Crippen LogP) is 1.90. The lowest BCUT2D eigenvalue weighted by Crippen LogP contribution is -2.26. The molecule has 1 N–H and O–H groups in total. The second-order valence-corrected chi connectivity index (χ2v) is 3.50. The Morgan fingerprint density at radius 3 is 2.79 bits per heavy atom. The van der Waals surface area contributed by atoms with Crippen LogP contribution in [0.15, 0.2) is 30.3 Å². The molecule has 0 aliphatic heterocycles. The zero-order chi connectivity index (χ0) is 9.97. The lowest BCUT2D eigenvalue weighted by molar-refractivity contribution is 0.170. The third-order valence-electron chi connectivity index (χ3n) is 2.51. The van der Waals surface area contributed by atoms with Gasteiger partial charge in [-0.05, 0) is 12.0 Å². The summed E-state index contributed by atoms with van der Waals surface area (Å²) in [6.45, 7) is 0. The number of amides is 1. The van der Waals surface area contributed by atoms with Gasteiger partial charge in [0.2, 0.25) is 0 Å². The van der Waals surface area contributed by atoms with E-state index in [1.807, 2.05) is 18.2 Å². The summed E-state index contributed by atoms with van der Waals surface area (Å²) in [4.78, 5) is 10.9. The van der Waals surface area contributed by atoms with Gasteiger partial charge in [-0.3, -0.25) is 0 Å². The van der Waals surface area contributed by atoms with Crippen molar-refractivity contribution in [3.63, 3.8) is 0 Å². The normalized spacial score (nSPS) is 24.1. The first kappa shape index (κ1) is 9.06. The first-order valence-corrected chi connectivity index (χ1v) is 4.70. The molecule has 1 aromatic rings. The molecule has 1 aliphatic carbocycles. The van der Waals surface area contributed by atoms with Crippen molar-refractivity contribution in [2.45, 2.75) is 18.4 Å². The van der Waals surface area contributed by atoms with Crippen LogP contribution < -0.4 is 5.32 Å². The third kappa shape index (κ3) is 1.87. The fraction of sp³-hybridized carbons (Fsp3) is 0.364. The Morgan fingerprint density at radius 1 is 1.43 bits per heavy atom. The molecular formula is C11H13NO2. The van der Waals surface area contributed by atoms with Crippen LogP contribution in [0.25, 0.3) is 0 Å². The summed E-state index contributed by atoms with van der Waals surface area (Å²) in [7, 11) is 1.38. The molecule has 2 atom stereocenters. The van der Waals surface area contributed by atoms with Gasteiger partial charge in [-0.1, -0.05) is 30.3 Å². The lowest BCUT2D eigenvalue weighted by atomic mass is 10.1. The van der Waals surface area contributed by atoms with Crippen LogP contribution in [0.5, 0.6) is 0 Å². The fourth-order valence-corrected chi connectivity index (χ4v) is 1.63. The quantitative estimate of drug-likeness (QED) is 0.775. The summed E-state index contributed by atoms with van der Waals surface area (Å²) in [5, 5.41) is 2.79. The van der Waals surface area contributed by atoms with Crippen molar-refractivity contribution in [3.05, 3.63) is 35.9 Å². The van der Waals surface area contributed by atoms with Crippen molar-refractivity contribution in [2.75, 3.05) is 7.11 Å². The van der Waals surface area contributed by atoms with E-state index in [4.69, 9.17) is 0 Å². The number of hydrogen-bond donors (Lipinski definition) is 1. The molecule has 0 spiro atoms. The topological polar surface area (TPSA) is 38.3 Å². The first-order chi connectivity index (χ1) is 6.81. The number of nitrogens with one attached hydrogen (secondary N) is 1. The van der Waals surface area contributed by atoms with Crippen LogP contribution in [0, 0.1) is 0 Å². The van der Waals surface area contributed by atoms with E-state index in [-0.39, 0.29) is 12.1 Å². The Bertz CT molecular complexity index is 323. The number of rotatable bonds is 2. The van der Waals surface area contributed by atoms with Gasteiger partial charge in [0.25, 0.3) is 0 Å². The van der Waals surface area contributed by atoms with E-state index < -0.39 is 0 Å².